The monoisotopic (exact) mass is 315 g/mol. The zero-order valence-electron chi connectivity index (χ0n) is 5.95. The maximum absolute atomic E-state index is 13.0. The summed E-state index contributed by atoms with van der Waals surface area (Å²) in [6, 6.07) is 0. The van der Waals surface area contributed by atoms with Crippen LogP contribution in [0.25, 0.3) is 0 Å². The van der Waals surface area contributed by atoms with Gasteiger partial charge in [0, 0.05) is 16.5 Å². The predicted molar refractivity (Wildman–Crippen MR) is 54.1 cm³/mol. The minimum Gasteiger partial charge on any atom is -0.246 e. The predicted octanol–water partition coefficient (Wildman–Crippen LogP) is 3.62. The van der Waals surface area contributed by atoms with Gasteiger partial charge >= 0.3 is 0 Å². The molecule has 66 valence electrons. The molecule has 12 heavy (non-hydrogen) atoms. The van der Waals surface area contributed by atoms with E-state index in [1.807, 2.05) is 0 Å². The first-order valence-electron chi connectivity index (χ1n) is 3.14. The summed E-state index contributed by atoms with van der Waals surface area (Å²) >= 11 is 12.0. The van der Waals surface area contributed by atoms with Crippen molar-refractivity contribution >= 4 is 43.5 Å². The van der Waals surface area contributed by atoms with Crippen LogP contribution in [0.2, 0.25) is 0 Å². The van der Waals surface area contributed by atoms with Crippen LogP contribution >= 0.6 is 43.5 Å². The molecular formula is C7H5Br2ClFN. The molecule has 0 amide bonds. The molecule has 0 saturated carbocycles. The number of alkyl halides is 2. The van der Waals surface area contributed by atoms with Gasteiger partial charge in [-0.15, -0.1) is 11.6 Å². The average molecular weight is 317 g/mol. The molecule has 1 nitrogen and oxygen atoms in total. The number of rotatable bonds is 2. The molecule has 0 spiro atoms. The molecule has 0 aromatic carbocycles. The highest BCUT2D eigenvalue weighted by molar-refractivity contribution is 9.10. The Hall–Kier alpha value is 0.330. The van der Waals surface area contributed by atoms with Gasteiger partial charge in [-0.05, 0) is 15.9 Å². The molecule has 0 unspecified atom stereocenters. The summed E-state index contributed by atoms with van der Waals surface area (Å²) in [5, 5.41) is 0.542. The fraction of sp³-hybridized carbons (Fsp3) is 0.286. The molecule has 0 aliphatic carbocycles. The molecule has 0 radical (unpaired) electrons. The zero-order chi connectivity index (χ0) is 9.14. The van der Waals surface area contributed by atoms with E-state index in [4.69, 9.17) is 11.6 Å². The van der Waals surface area contributed by atoms with Crippen LogP contribution in [0.15, 0.2) is 10.8 Å². The SMILES string of the molecule is Fc1cnc(Br)c(CBr)c1CCl. The van der Waals surface area contributed by atoms with Gasteiger partial charge in [-0.25, -0.2) is 9.37 Å². The van der Waals surface area contributed by atoms with E-state index in [0.29, 0.717) is 15.5 Å². The molecule has 1 aromatic heterocycles. The van der Waals surface area contributed by atoms with E-state index in [9.17, 15) is 4.39 Å². The van der Waals surface area contributed by atoms with Crippen molar-refractivity contribution in [1.82, 2.24) is 4.98 Å². The Bertz CT molecular complexity index is 264. The normalized spacial score (nSPS) is 10.3. The lowest BCUT2D eigenvalue weighted by Gasteiger charge is -2.06. The van der Waals surface area contributed by atoms with E-state index in [1.54, 1.807) is 0 Å². The molecule has 0 aliphatic heterocycles. The Balaban J connectivity index is 3.28. The molecule has 0 atom stereocenters. The topological polar surface area (TPSA) is 12.9 Å². The van der Waals surface area contributed by atoms with Crippen molar-refractivity contribution in [2.75, 3.05) is 0 Å². The zero-order valence-corrected chi connectivity index (χ0v) is 9.88. The smallest absolute Gasteiger partial charge is 0.146 e. The van der Waals surface area contributed by atoms with Crippen molar-refractivity contribution in [3.8, 4) is 0 Å². The largest absolute Gasteiger partial charge is 0.246 e. The quantitative estimate of drug-likeness (QED) is 0.600. The second kappa shape index (κ2) is 4.53. The highest BCUT2D eigenvalue weighted by Gasteiger charge is 2.10. The van der Waals surface area contributed by atoms with Crippen molar-refractivity contribution in [2.24, 2.45) is 0 Å². The minimum absolute atomic E-state index is 0.161. The molecular weight excluding hydrogens is 312 g/mol. The van der Waals surface area contributed by atoms with Crippen LogP contribution < -0.4 is 0 Å². The fourth-order valence-electron chi connectivity index (χ4n) is 0.818. The van der Waals surface area contributed by atoms with Gasteiger partial charge in [0.1, 0.15) is 10.4 Å². The van der Waals surface area contributed by atoms with Crippen LogP contribution in [0.5, 0.6) is 0 Å². The van der Waals surface area contributed by atoms with Crippen molar-refractivity contribution in [1.29, 1.82) is 0 Å². The summed E-state index contributed by atoms with van der Waals surface area (Å²) < 4.78 is 13.7. The van der Waals surface area contributed by atoms with Crippen LogP contribution in [0.4, 0.5) is 4.39 Å². The third kappa shape index (κ3) is 1.98. The molecule has 0 saturated heterocycles. The van der Waals surface area contributed by atoms with Gasteiger partial charge in [0.15, 0.2) is 0 Å². The van der Waals surface area contributed by atoms with Crippen molar-refractivity contribution in [3.63, 3.8) is 0 Å². The van der Waals surface area contributed by atoms with Gasteiger partial charge in [0.2, 0.25) is 0 Å². The van der Waals surface area contributed by atoms with Crippen molar-refractivity contribution in [3.05, 3.63) is 27.7 Å². The van der Waals surface area contributed by atoms with Gasteiger partial charge in [0.05, 0.1) is 12.1 Å². The second-order valence-electron chi connectivity index (χ2n) is 2.12. The van der Waals surface area contributed by atoms with E-state index in [-0.39, 0.29) is 11.7 Å². The third-order valence-corrected chi connectivity index (χ3v) is 2.97. The van der Waals surface area contributed by atoms with Crippen LogP contribution in [0, 0.1) is 5.82 Å². The van der Waals surface area contributed by atoms with E-state index in [1.165, 1.54) is 0 Å². The average Bonchev–Trinajstić information content (AvgIpc) is 2.08. The first-order valence-corrected chi connectivity index (χ1v) is 5.59. The number of nitrogens with zero attached hydrogens (tertiary/aromatic N) is 1. The van der Waals surface area contributed by atoms with Gasteiger partial charge in [0.25, 0.3) is 0 Å². The second-order valence-corrected chi connectivity index (χ2v) is 3.70. The highest BCUT2D eigenvalue weighted by Crippen LogP contribution is 2.24. The summed E-state index contributed by atoms with van der Waals surface area (Å²) in [5.41, 5.74) is 1.26. The Morgan fingerprint density at radius 3 is 2.58 bits per heavy atom. The molecule has 1 heterocycles. The minimum atomic E-state index is -0.359. The summed E-state index contributed by atoms with van der Waals surface area (Å²) in [6.45, 7) is 0. The van der Waals surface area contributed by atoms with Crippen LogP contribution in [-0.4, -0.2) is 4.98 Å². The van der Waals surface area contributed by atoms with E-state index >= 15 is 0 Å². The molecule has 0 fully saturated rings. The van der Waals surface area contributed by atoms with Crippen molar-refractivity contribution < 1.29 is 4.39 Å². The Morgan fingerprint density at radius 2 is 2.17 bits per heavy atom. The number of aromatic nitrogens is 1. The first kappa shape index (κ1) is 10.4. The number of pyridine rings is 1. The summed E-state index contributed by atoms with van der Waals surface area (Å²) in [4.78, 5) is 3.81. The van der Waals surface area contributed by atoms with Gasteiger partial charge < -0.3 is 0 Å². The lowest BCUT2D eigenvalue weighted by Crippen LogP contribution is -1.97. The summed E-state index contributed by atoms with van der Waals surface area (Å²) in [7, 11) is 0. The maximum Gasteiger partial charge on any atom is 0.146 e. The Morgan fingerprint density at radius 1 is 1.50 bits per heavy atom. The molecule has 1 rings (SSSR count). The molecule has 0 aliphatic rings. The molecule has 0 bridgehead atoms. The number of hydrogen-bond donors (Lipinski definition) is 0. The lowest BCUT2D eigenvalue weighted by atomic mass is 10.2. The summed E-state index contributed by atoms with van der Waals surface area (Å²) in [5.74, 6) is -0.198. The number of halogens is 4. The highest BCUT2D eigenvalue weighted by atomic mass is 79.9. The van der Waals surface area contributed by atoms with E-state index in [2.05, 4.69) is 36.8 Å². The Labute approximate surface area is 91.6 Å². The van der Waals surface area contributed by atoms with Crippen LogP contribution in [0.1, 0.15) is 11.1 Å². The summed E-state index contributed by atoms with van der Waals surface area (Å²) in [6.07, 6.45) is 1.16. The molecule has 1 aromatic rings. The van der Waals surface area contributed by atoms with Gasteiger partial charge in [-0.1, -0.05) is 15.9 Å². The lowest BCUT2D eigenvalue weighted by molar-refractivity contribution is 0.607. The van der Waals surface area contributed by atoms with Gasteiger partial charge in [-0.2, -0.15) is 0 Å². The maximum atomic E-state index is 13.0. The Kier molecular flexibility index (Phi) is 3.93. The third-order valence-electron chi connectivity index (χ3n) is 1.46. The number of hydrogen-bond acceptors (Lipinski definition) is 1. The van der Waals surface area contributed by atoms with E-state index < -0.39 is 0 Å². The van der Waals surface area contributed by atoms with Crippen molar-refractivity contribution in [2.45, 2.75) is 11.2 Å². The van der Waals surface area contributed by atoms with E-state index in [0.717, 1.165) is 11.8 Å². The molecule has 5 heteroatoms. The van der Waals surface area contributed by atoms with Crippen LogP contribution in [-0.2, 0) is 11.2 Å². The first-order chi connectivity index (χ1) is 5.70. The molecule has 0 N–H and O–H groups in total. The standard InChI is InChI=1S/C7H5Br2ClFN/c8-1-4-5(2-10)6(11)3-12-7(4)9/h3H,1-2H2. The van der Waals surface area contributed by atoms with Crippen LogP contribution in [0.3, 0.4) is 0 Å². The van der Waals surface area contributed by atoms with Gasteiger partial charge in [-0.3, -0.25) is 0 Å². The fourth-order valence-corrected chi connectivity index (χ4v) is 2.57.